The summed E-state index contributed by atoms with van der Waals surface area (Å²) in [7, 11) is 0. The van der Waals surface area contributed by atoms with Gasteiger partial charge in [0, 0.05) is 19.5 Å². The van der Waals surface area contributed by atoms with Crippen LogP contribution in [0.3, 0.4) is 0 Å². The van der Waals surface area contributed by atoms with Crippen LogP contribution in [0.25, 0.3) is 0 Å². The average molecular weight is 467 g/mol. The molecule has 2 N–H and O–H groups in total. The molecule has 114 valence electrons. The lowest BCUT2D eigenvalue weighted by Gasteiger charge is -2.05. The average Bonchev–Trinajstić information content (AvgIpc) is 2.46. The normalized spacial score (nSPS) is 10.9. The molecular weight excluding hydrogens is 459 g/mol. The molecule has 0 aliphatic rings. The van der Waals surface area contributed by atoms with E-state index in [1.807, 2.05) is 0 Å². The van der Waals surface area contributed by atoms with Gasteiger partial charge in [-0.3, -0.25) is 4.79 Å². The van der Waals surface area contributed by atoms with Crippen molar-refractivity contribution in [2.24, 2.45) is 5.10 Å². The summed E-state index contributed by atoms with van der Waals surface area (Å²) < 4.78 is 1.37. The van der Waals surface area contributed by atoms with Crippen LogP contribution < -0.4 is 5.43 Å². The fourth-order valence-electron chi connectivity index (χ4n) is 1.58. The van der Waals surface area contributed by atoms with Crippen molar-refractivity contribution < 1.29 is 9.90 Å². The van der Waals surface area contributed by atoms with Crippen molar-refractivity contribution in [3.8, 4) is 5.75 Å². The van der Waals surface area contributed by atoms with Crippen molar-refractivity contribution in [2.75, 3.05) is 0 Å². The highest BCUT2D eigenvalue weighted by atomic mass is 79.9. The molecule has 0 bridgehead atoms. The van der Waals surface area contributed by atoms with Crippen LogP contribution >= 0.6 is 55.1 Å². The van der Waals surface area contributed by atoms with Crippen molar-refractivity contribution in [2.45, 2.75) is 0 Å². The number of benzene rings is 2. The lowest BCUT2D eigenvalue weighted by molar-refractivity contribution is 0.0954. The molecule has 0 fully saturated rings. The van der Waals surface area contributed by atoms with Gasteiger partial charge in [-0.1, -0.05) is 29.3 Å². The van der Waals surface area contributed by atoms with Gasteiger partial charge in [0.05, 0.1) is 16.8 Å². The molecule has 0 atom stereocenters. The minimum atomic E-state index is -0.406. The Kier molecular flexibility index (Phi) is 5.86. The van der Waals surface area contributed by atoms with Crippen LogP contribution in [0.5, 0.6) is 5.75 Å². The zero-order valence-corrected chi connectivity index (χ0v) is 15.5. The first-order valence-electron chi connectivity index (χ1n) is 5.85. The van der Waals surface area contributed by atoms with Gasteiger partial charge in [-0.05, 0) is 56.1 Å². The first-order valence-corrected chi connectivity index (χ1v) is 8.19. The van der Waals surface area contributed by atoms with E-state index in [2.05, 4.69) is 42.4 Å². The van der Waals surface area contributed by atoms with E-state index in [-0.39, 0.29) is 10.8 Å². The molecule has 0 radical (unpaired) electrons. The van der Waals surface area contributed by atoms with Crippen molar-refractivity contribution >= 4 is 67.2 Å². The van der Waals surface area contributed by atoms with Gasteiger partial charge < -0.3 is 5.11 Å². The number of carbonyl (C=O) groups excluding carboxylic acids is 1. The van der Waals surface area contributed by atoms with Crippen LogP contribution in [0, 0.1) is 0 Å². The van der Waals surface area contributed by atoms with Crippen LogP contribution in [-0.4, -0.2) is 17.2 Å². The highest BCUT2D eigenvalue weighted by Crippen LogP contribution is 2.30. The van der Waals surface area contributed by atoms with E-state index in [1.54, 1.807) is 18.2 Å². The third kappa shape index (κ3) is 4.01. The SMILES string of the molecule is O=C(N/N=C/c1cc(Cl)cc(Cl)c1O)c1cccc(Br)c1Br. The molecule has 2 rings (SSSR count). The summed E-state index contributed by atoms with van der Waals surface area (Å²) in [6, 6.07) is 8.07. The summed E-state index contributed by atoms with van der Waals surface area (Å²) in [6.07, 6.45) is 1.26. The number of phenols is 1. The monoisotopic (exact) mass is 464 g/mol. The zero-order chi connectivity index (χ0) is 16.3. The Bertz CT molecular complexity index is 767. The van der Waals surface area contributed by atoms with Crippen LogP contribution in [0.2, 0.25) is 10.0 Å². The minimum absolute atomic E-state index is 0.106. The number of halogens is 4. The first kappa shape index (κ1) is 17.3. The van der Waals surface area contributed by atoms with E-state index < -0.39 is 5.91 Å². The van der Waals surface area contributed by atoms with Crippen molar-refractivity contribution in [3.63, 3.8) is 0 Å². The molecule has 1 amide bonds. The smallest absolute Gasteiger partial charge is 0.272 e. The highest BCUT2D eigenvalue weighted by Gasteiger charge is 2.11. The van der Waals surface area contributed by atoms with Crippen LogP contribution in [0.4, 0.5) is 0 Å². The van der Waals surface area contributed by atoms with Crippen LogP contribution in [0.1, 0.15) is 15.9 Å². The molecule has 0 spiro atoms. The van der Waals surface area contributed by atoms with Gasteiger partial charge in [-0.15, -0.1) is 0 Å². The molecule has 2 aromatic rings. The summed E-state index contributed by atoms with van der Waals surface area (Å²) >= 11 is 18.3. The van der Waals surface area contributed by atoms with Gasteiger partial charge >= 0.3 is 0 Å². The summed E-state index contributed by atoms with van der Waals surface area (Å²) in [4.78, 5) is 12.0. The lowest BCUT2D eigenvalue weighted by Crippen LogP contribution is -2.18. The first-order chi connectivity index (χ1) is 10.4. The van der Waals surface area contributed by atoms with Gasteiger partial charge in [0.15, 0.2) is 0 Å². The van der Waals surface area contributed by atoms with E-state index in [4.69, 9.17) is 23.2 Å². The number of hydrazone groups is 1. The van der Waals surface area contributed by atoms with Crippen LogP contribution in [0.15, 0.2) is 44.4 Å². The van der Waals surface area contributed by atoms with Crippen molar-refractivity contribution in [1.29, 1.82) is 0 Å². The lowest BCUT2D eigenvalue weighted by atomic mass is 10.2. The maximum atomic E-state index is 12.0. The molecule has 22 heavy (non-hydrogen) atoms. The van der Waals surface area contributed by atoms with Crippen LogP contribution in [-0.2, 0) is 0 Å². The Balaban J connectivity index is 2.16. The minimum Gasteiger partial charge on any atom is -0.506 e. The van der Waals surface area contributed by atoms with Gasteiger partial charge in [-0.25, -0.2) is 5.43 Å². The Labute approximate surface area is 153 Å². The quantitative estimate of drug-likeness (QED) is 0.494. The second kappa shape index (κ2) is 7.46. The van der Waals surface area contributed by atoms with E-state index in [9.17, 15) is 9.90 Å². The number of hydrogen-bond acceptors (Lipinski definition) is 3. The predicted octanol–water partition coefficient (Wildman–Crippen LogP) is 4.99. The zero-order valence-electron chi connectivity index (χ0n) is 10.8. The molecule has 2 aromatic carbocycles. The maximum absolute atomic E-state index is 12.0. The number of hydrogen-bond donors (Lipinski definition) is 2. The fourth-order valence-corrected chi connectivity index (χ4v) is 2.90. The van der Waals surface area contributed by atoms with E-state index >= 15 is 0 Å². The number of nitrogens with one attached hydrogen (secondary N) is 1. The Morgan fingerprint density at radius 3 is 2.73 bits per heavy atom. The Morgan fingerprint density at radius 1 is 1.27 bits per heavy atom. The van der Waals surface area contributed by atoms with Crippen molar-refractivity contribution in [3.05, 3.63) is 60.4 Å². The molecular formula is C14H8Br2Cl2N2O2. The summed E-state index contributed by atoms with van der Waals surface area (Å²) in [5.41, 5.74) is 3.08. The summed E-state index contributed by atoms with van der Waals surface area (Å²) in [6.45, 7) is 0. The molecule has 0 saturated carbocycles. The topological polar surface area (TPSA) is 61.7 Å². The number of rotatable bonds is 3. The Hall–Kier alpha value is -1.08. The summed E-state index contributed by atoms with van der Waals surface area (Å²) in [5, 5.41) is 14.0. The molecule has 4 nitrogen and oxygen atoms in total. The standard InChI is InChI=1S/C14H8Br2Cl2N2O2/c15-10-3-1-2-9(12(10)16)14(22)20-19-6-7-4-8(17)5-11(18)13(7)21/h1-6,21H,(H,20,22)/b19-6+. The number of nitrogens with zero attached hydrogens (tertiary/aromatic N) is 1. The number of amides is 1. The van der Waals surface area contributed by atoms with E-state index in [0.29, 0.717) is 20.6 Å². The largest absolute Gasteiger partial charge is 0.506 e. The van der Waals surface area contributed by atoms with Gasteiger partial charge in [-0.2, -0.15) is 5.10 Å². The summed E-state index contributed by atoms with van der Waals surface area (Å²) in [5.74, 6) is -0.565. The number of aromatic hydroxyl groups is 1. The van der Waals surface area contributed by atoms with Gasteiger partial charge in [0.2, 0.25) is 0 Å². The van der Waals surface area contributed by atoms with E-state index in [1.165, 1.54) is 18.3 Å². The van der Waals surface area contributed by atoms with E-state index in [0.717, 1.165) is 4.47 Å². The van der Waals surface area contributed by atoms with Gasteiger partial charge in [0.1, 0.15) is 5.75 Å². The second-order valence-electron chi connectivity index (χ2n) is 4.13. The molecule has 0 saturated heterocycles. The molecule has 0 aliphatic carbocycles. The molecule has 0 heterocycles. The Morgan fingerprint density at radius 2 is 2.00 bits per heavy atom. The number of phenolic OH excluding ortho intramolecular Hbond substituents is 1. The molecule has 0 unspecified atom stereocenters. The third-order valence-electron chi connectivity index (χ3n) is 2.62. The maximum Gasteiger partial charge on any atom is 0.272 e. The second-order valence-corrected chi connectivity index (χ2v) is 6.62. The number of carbonyl (C=O) groups is 1. The highest BCUT2D eigenvalue weighted by molar-refractivity contribution is 9.13. The fraction of sp³-hybridized carbons (Fsp3) is 0. The third-order valence-corrected chi connectivity index (χ3v) is 5.18. The molecule has 0 aromatic heterocycles. The van der Waals surface area contributed by atoms with Gasteiger partial charge in [0.25, 0.3) is 5.91 Å². The van der Waals surface area contributed by atoms with Crippen molar-refractivity contribution in [1.82, 2.24) is 5.43 Å². The predicted molar refractivity (Wildman–Crippen MR) is 95.0 cm³/mol. The molecule has 8 heteroatoms. The molecule has 0 aliphatic heterocycles.